The molecule has 0 unspecified atom stereocenters. The van der Waals surface area contributed by atoms with Gasteiger partial charge in [-0.3, -0.25) is 4.79 Å². The van der Waals surface area contributed by atoms with Crippen molar-refractivity contribution >= 4 is 22.6 Å². The first-order valence-corrected chi connectivity index (χ1v) is 8.54. The average molecular weight is 367 g/mol. The molecule has 1 aromatic heterocycles. The second-order valence-electron chi connectivity index (χ2n) is 6.36. The molecule has 6 nitrogen and oxygen atoms in total. The van der Waals surface area contributed by atoms with Gasteiger partial charge < -0.3 is 19.2 Å². The molecule has 1 atom stereocenters. The predicted octanol–water partition coefficient (Wildman–Crippen LogP) is 3.82. The first kappa shape index (κ1) is 18.5. The number of anilines is 1. The van der Waals surface area contributed by atoms with Crippen molar-refractivity contribution in [2.45, 2.75) is 26.9 Å². The number of rotatable bonds is 5. The number of carbonyl (C=O) groups excluding carboxylic acids is 1. The van der Waals surface area contributed by atoms with Crippen LogP contribution in [0.4, 0.5) is 5.69 Å². The molecule has 3 aromatic rings. The Morgan fingerprint density at radius 1 is 1.11 bits per heavy atom. The summed E-state index contributed by atoms with van der Waals surface area (Å²) in [6, 6.07) is 12.1. The molecule has 27 heavy (non-hydrogen) atoms. The van der Waals surface area contributed by atoms with Gasteiger partial charge in [-0.1, -0.05) is 6.07 Å². The summed E-state index contributed by atoms with van der Waals surface area (Å²) in [6.07, 6.45) is -0.760. The molecule has 0 fully saturated rings. The Balaban J connectivity index is 1.78. The Kier molecular flexibility index (Phi) is 5.16. The fraction of sp³-hybridized carbons (Fsp3) is 0.238. The van der Waals surface area contributed by atoms with Crippen LogP contribution in [0, 0.1) is 13.8 Å². The largest absolute Gasteiger partial charge is 0.495 e. The van der Waals surface area contributed by atoms with E-state index >= 15 is 0 Å². The zero-order valence-electron chi connectivity index (χ0n) is 15.7. The van der Waals surface area contributed by atoms with E-state index in [0.717, 1.165) is 16.5 Å². The molecule has 0 aliphatic heterocycles. The lowest BCUT2D eigenvalue weighted by atomic mass is 10.1. The average Bonchev–Trinajstić information content (AvgIpc) is 2.61. The van der Waals surface area contributed by atoms with E-state index in [-0.39, 0.29) is 5.91 Å². The van der Waals surface area contributed by atoms with Crippen LogP contribution in [-0.4, -0.2) is 19.1 Å². The predicted molar refractivity (Wildman–Crippen MR) is 104 cm³/mol. The number of hydrogen-bond acceptors (Lipinski definition) is 5. The quantitative estimate of drug-likeness (QED) is 0.694. The van der Waals surface area contributed by atoms with E-state index in [4.69, 9.17) is 13.9 Å². The first-order valence-electron chi connectivity index (χ1n) is 8.54. The molecule has 2 aromatic carbocycles. The minimum Gasteiger partial charge on any atom is -0.495 e. The summed E-state index contributed by atoms with van der Waals surface area (Å²) >= 11 is 0. The minimum atomic E-state index is -0.760. The fourth-order valence-electron chi connectivity index (χ4n) is 2.79. The van der Waals surface area contributed by atoms with Crippen molar-refractivity contribution in [1.29, 1.82) is 0 Å². The summed E-state index contributed by atoms with van der Waals surface area (Å²) in [5, 5.41) is 3.64. The van der Waals surface area contributed by atoms with E-state index in [9.17, 15) is 9.59 Å². The number of hydrogen-bond donors (Lipinski definition) is 1. The SMILES string of the molecule is COc1ccc(C)cc1NC(=O)[C@@H](C)Oc1ccc2c(C)cc(=O)oc2c1. The normalized spacial score (nSPS) is 11.9. The lowest BCUT2D eigenvalue weighted by Gasteiger charge is -2.16. The summed E-state index contributed by atoms with van der Waals surface area (Å²) in [5.74, 6) is 0.698. The third kappa shape index (κ3) is 4.11. The number of benzene rings is 2. The Morgan fingerprint density at radius 2 is 1.89 bits per heavy atom. The lowest BCUT2D eigenvalue weighted by Crippen LogP contribution is -2.30. The van der Waals surface area contributed by atoms with Crippen LogP contribution < -0.4 is 20.4 Å². The Labute approximate surface area is 156 Å². The van der Waals surface area contributed by atoms with Gasteiger partial charge in [-0.05, 0) is 56.2 Å². The first-order chi connectivity index (χ1) is 12.9. The molecule has 0 saturated heterocycles. The van der Waals surface area contributed by atoms with Crippen LogP contribution in [0.5, 0.6) is 11.5 Å². The standard InChI is InChI=1S/C21H21NO5/c1-12-5-8-18(25-4)17(9-12)22-21(24)14(3)26-15-6-7-16-13(2)10-20(23)27-19(16)11-15/h5-11,14H,1-4H3,(H,22,24)/t14-/m1/s1. The van der Waals surface area contributed by atoms with Gasteiger partial charge in [-0.15, -0.1) is 0 Å². The molecule has 1 N–H and O–H groups in total. The Morgan fingerprint density at radius 3 is 2.63 bits per heavy atom. The van der Waals surface area contributed by atoms with Gasteiger partial charge in [0.2, 0.25) is 0 Å². The van der Waals surface area contributed by atoms with Crippen LogP contribution >= 0.6 is 0 Å². The number of nitrogens with one attached hydrogen (secondary N) is 1. The highest BCUT2D eigenvalue weighted by atomic mass is 16.5. The summed E-state index contributed by atoms with van der Waals surface area (Å²) < 4.78 is 16.2. The van der Waals surface area contributed by atoms with Gasteiger partial charge in [0.05, 0.1) is 12.8 Å². The molecule has 0 aliphatic rings. The summed E-state index contributed by atoms with van der Waals surface area (Å²) in [7, 11) is 1.55. The van der Waals surface area contributed by atoms with Crippen LogP contribution in [0.3, 0.4) is 0 Å². The van der Waals surface area contributed by atoms with E-state index in [1.807, 2.05) is 26.0 Å². The van der Waals surface area contributed by atoms with Crippen LogP contribution in [0.1, 0.15) is 18.1 Å². The number of fused-ring (bicyclic) bond motifs is 1. The summed E-state index contributed by atoms with van der Waals surface area (Å²) in [6.45, 7) is 5.42. The number of amides is 1. The molecule has 0 radical (unpaired) electrons. The molecule has 140 valence electrons. The van der Waals surface area contributed by atoms with Crippen LogP contribution in [0.25, 0.3) is 11.0 Å². The maximum absolute atomic E-state index is 12.5. The highest BCUT2D eigenvalue weighted by molar-refractivity contribution is 5.95. The fourth-order valence-corrected chi connectivity index (χ4v) is 2.79. The molecule has 0 bridgehead atoms. The third-order valence-corrected chi connectivity index (χ3v) is 4.22. The van der Waals surface area contributed by atoms with Gasteiger partial charge in [0.15, 0.2) is 6.10 Å². The molecular weight excluding hydrogens is 346 g/mol. The molecular formula is C21H21NO5. The van der Waals surface area contributed by atoms with Gasteiger partial charge in [0, 0.05) is 17.5 Å². The Hall–Kier alpha value is -3.28. The lowest BCUT2D eigenvalue weighted by molar-refractivity contribution is -0.122. The van der Waals surface area contributed by atoms with E-state index in [0.29, 0.717) is 22.8 Å². The van der Waals surface area contributed by atoms with E-state index in [1.165, 1.54) is 6.07 Å². The smallest absolute Gasteiger partial charge is 0.336 e. The highest BCUT2D eigenvalue weighted by Gasteiger charge is 2.17. The minimum absolute atomic E-state index is 0.315. The van der Waals surface area contributed by atoms with Crippen molar-refractivity contribution < 1.29 is 18.7 Å². The molecule has 0 aliphatic carbocycles. The van der Waals surface area contributed by atoms with Gasteiger partial charge in [0.1, 0.15) is 17.1 Å². The van der Waals surface area contributed by atoms with Crippen molar-refractivity contribution in [3.05, 3.63) is 64.0 Å². The number of aryl methyl sites for hydroxylation is 2. The highest BCUT2D eigenvalue weighted by Crippen LogP contribution is 2.26. The zero-order chi connectivity index (χ0) is 19.6. The number of ether oxygens (including phenoxy) is 2. The maximum Gasteiger partial charge on any atom is 0.336 e. The van der Waals surface area contributed by atoms with Crippen molar-refractivity contribution in [2.75, 3.05) is 12.4 Å². The van der Waals surface area contributed by atoms with Crippen molar-refractivity contribution in [3.63, 3.8) is 0 Å². The van der Waals surface area contributed by atoms with Gasteiger partial charge in [-0.25, -0.2) is 4.79 Å². The maximum atomic E-state index is 12.5. The van der Waals surface area contributed by atoms with E-state index in [1.54, 1.807) is 38.3 Å². The Bertz CT molecular complexity index is 1050. The van der Waals surface area contributed by atoms with E-state index < -0.39 is 11.7 Å². The summed E-state index contributed by atoms with van der Waals surface area (Å²) in [5.41, 5.74) is 2.41. The zero-order valence-corrected chi connectivity index (χ0v) is 15.7. The third-order valence-electron chi connectivity index (χ3n) is 4.22. The van der Waals surface area contributed by atoms with Crippen molar-refractivity contribution in [2.24, 2.45) is 0 Å². The summed E-state index contributed by atoms with van der Waals surface area (Å²) in [4.78, 5) is 24.1. The second-order valence-corrected chi connectivity index (χ2v) is 6.36. The molecule has 0 saturated carbocycles. The molecule has 3 rings (SSSR count). The van der Waals surface area contributed by atoms with Crippen LogP contribution in [-0.2, 0) is 4.79 Å². The van der Waals surface area contributed by atoms with Crippen LogP contribution in [0.2, 0.25) is 0 Å². The second kappa shape index (κ2) is 7.53. The van der Waals surface area contributed by atoms with Gasteiger partial charge in [0.25, 0.3) is 5.91 Å². The number of methoxy groups -OCH3 is 1. The van der Waals surface area contributed by atoms with Crippen molar-refractivity contribution in [3.8, 4) is 11.5 Å². The van der Waals surface area contributed by atoms with Gasteiger partial charge in [-0.2, -0.15) is 0 Å². The molecule has 0 spiro atoms. The van der Waals surface area contributed by atoms with Crippen molar-refractivity contribution in [1.82, 2.24) is 0 Å². The molecule has 1 amide bonds. The monoisotopic (exact) mass is 367 g/mol. The van der Waals surface area contributed by atoms with Gasteiger partial charge >= 0.3 is 5.63 Å². The molecule has 1 heterocycles. The topological polar surface area (TPSA) is 77.8 Å². The molecule has 6 heteroatoms. The number of carbonyl (C=O) groups is 1. The van der Waals surface area contributed by atoms with E-state index in [2.05, 4.69) is 5.32 Å². The van der Waals surface area contributed by atoms with Crippen LogP contribution in [0.15, 0.2) is 51.7 Å².